The Kier molecular flexibility index (Phi) is 7.38. The first-order valence-electron chi connectivity index (χ1n) is 11.2. The molecule has 4 rings (SSSR count). The Bertz CT molecular complexity index is 1420. The molecule has 0 aliphatic carbocycles. The van der Waals surface area contributed by atoms with E-state index in [0.717, 1.165) is 34.1 Å². The zero-order valence-corrected chi connectivity index (χ0v) is 21.2. The van der Waals surface area contributed by atoms with Crippen molar-refractivity contribution in [3.63, 3.8) is 0 Å². The maximum Gasteiger partial charge on any atom is 0.416 e. The Labute approximate surface area is 213 Å². The quantitative estimate of drug-likeness (QED) is 0.182. The summed E-state index contributed by atoms with van der Waals surface area (Å²) in [7, 11) is 2.51. The van der Waals surface area contributed by atoms with Gasteiger partial charge in [0.25, 0.3) is 0 Å². The second-order valence-electron chi connectivity index (χ2n) is 8.72. The number of methoxy groups -OCH3 is 2. The number of aryl methyl sites for hydroxylation is 2. The van der Waals surface area contributed by atoms with Crippen molar-refractivity contribution in [2.45, 2.75) is 38.9 Å². The lowest BCUT2D eigenvalue weighted by Gasteiger charge is -2.22. The van der Waals surface area contributed by atoms with E-state index in [9.17, 15) is 26.3 Å². The van der Waals surface area contributed by atoms with E-state index in [0.29, 0.717) is 15.8 Å². The monoisotopic (exact) mass is 539 g/mol. The molecule has 2 aromatic carbocycles. The van der Waals surface area contributed by atoms with Crippen LogP contribution in [0.15, 0.2) is 48.7 Å². The third-order valence-corrected chi connectivity index (χ3v) is 7.16. The molecule has 0 bridgehead atoms. The molecule has 0 saturated carbocycles. The normalized spacial score (nSPS) is 12.6. The van der Waals surface area contributed by atoms with Crippen LogP contribution in [0.25, 0.3) is 31.8 Å². The number of hydrogen-bond donors (Lipinski definition) is 0. The molecule has 37 heavy (non-hydrogen) atoms. The molecule has 2 aromatic heterocycles. The smallest absolute Gasteiger partial charge is 0.356 e. The van der Waals surface area contributed by atoms with Crippen molar-refractivity contribution in [1.29, 1.82) is 0 Å². The van der Waals surface area contributed by atoms with Gasteiger partial charge >= 0.3 is 12.4 Å². The topological polar surface area (TPSA) is 31.4 Å². The maximum absolute atomic E-state index is 14.1. The van der Waals surface area contributed by atoms with Crippen molar-refractivity contribution in [3.05, 3.63) is 76.5 Å². The number of benzene rings is 2. The Morgan fingerprint density at radius 2 is 1.51 bits per heavy atom. The summed E-state index contributed by atoms with van der Waals surface area (Å²) in [5.74, 6) is 0. The minimum absolute atomic E-state index is 0.150. The fourth-order valence-corrected chi connectivity index (χ4v) is 5.58. The zero-order chi connectivity index (χ0) is 27.1. The van der Waals surface area contributed by atoms with Gasteiger partial charge in [-0.2, -0.15) is 26.3 Å². The number of halogens is 6. The first-order valence-corrected chi connectivity index (χ1v) is 12.0. The van der Waals surface area contributed by atoms with Crippen LogP contribution < -0.4 is 0 Å². The SMILES string of the molecule is COC(Cc1c(-c2cc3ccnc(-c4cc(C)cc(C)c4)c3s2)cc(C(F)(F)F)cc1C(F)(F)F)OC. The molecule has 196 valence electrons. The second-order valence-corrected chi connectivity index (χ2v) is 9.77. The van der Waals surface area contributed by atoms with Crippen molar-refractivity contribution in [1.82, 2.24) is 4.98 Å². The van der Waals surface area contributed by atoms with Crippen LogP contribution in [-0.2, 0) is 28.2 Å². The summed E-state index contributed by atoms with van der Waals surface area (Å²) < 4.78 is 94.3. The molecular formula is C27H23F6NO2S. The van der Waals surface area contributed by atoms with E-state index < -0.39 is 36.2 Å². The van der Waals surface area contributed by atoms with E-state index in [-0.39, 0.29) is 22.1 Å². The summed E-state index contributed by atoms with van der Waals surface area (Å²) in [6.07, 6.45) is -9.91. The minimum atomic E-state index is -5.03. The van der Waals surface area contributed by atoms with Gasteiger partial charge in [-0.25, -0.2) is 0 Å². The van der Waals surface area contributed by atoms with Gasteiger partial charge in [0.15, 0.2) is 6.29 Å². The maximum atomic E-state index is 14.1. The van der Waals surface area contributed by atoms with Gasteiger partial charge in [0.05, 0.1) is 21.5 Å². The van der Waals surface area contributed by atoms with E-state index in [2.05, 4.69) is 4.98 Å². The van der Waals surface area contributed by atoms with Crippen molar-refractivity contribution < 1.29 is 35.8 Å². The van der Waals surface area contributed by atoms with Gasteiger partial charge in [-0.05, 0) is 66.8 Å². The van der Waals surface area contributed by atoms with Crippen LogP contribution in [0.5, 0.6) is 0 Å². The number of alkyl halides is 6. The Hall–Kier alpha value is -2.95. The molecule has 0 aliphatic heterocycles. The van der Waals surface area contributed by atoms with Crippen molar-refractivity contribution in [2.24, 2.45) is 0 Å². The van der Waals surface area contributed by atoms with Crippen LogP contribution in [0.4, 0.5) is 26.3 Å². The van der Waals surface area contributed by atoms with Gasteiger partial charge < -0.3 is 9.47 Å². The molecule has 0 fully saturated rings. The van der Waals surface area contributed by atoms with E-state index in [1.54, 1.807) is 18.3 Å². The fourth-order valence-electron chi connectivity index (χ4n) is 4.37. The second kappa shape index (κ2) is 10.1. The van der Waals surface area contributed by atoms with E-state index >= 15 is 0 Å². The average Bonchev–Trinajstić information content (AvgIpc) is 3.24. The number of fused-ring (bicyclic) bond motifs is 1. The van der Waals surface area contributed by atoms with Crippen molar-refractivity contribution >= 4 is 21.4 Å². The molecule has 0 saturated heterocycles. The van der Waals surface area contributed by atoms with Gasteiger partial charge in [-0.15, -0.1) is 11.3 Å². The number of rotatable bonds is 6. The highest BCUT2D eigenvalue weighted by atomic mass is 32.1. The lowest BCUT2D eigenvalue weighted by Crippen LogP contribution is -2.21. The van der Waals surface area contributed by atoms with Gasteiger partial charge in [-0.1, -0.05) is 17.2 Å². The Morgan fingerprint density at radius 1 is 0.865 bits per heavy atom. The standard InChI is InChI=1S/C27H23F6NO2S/c1-14-7-15(2)9-17(8-14)24-25-16(5-6-34-24)10-22(37-25)20-11-18(26(28,29)30)12-21(27(31,32)33)19(20)13-23(35-3)36-4/h5-12,23H,13H2,1-4H3. The third kappa shape index (κ3) is 5.66. The Morgan fingerprint density at radius 3 is 2.08 bits per heavy atom. The summed E-state index contributed by atoms with van der Waals surface area (Å²) in [5.41, 5.74) is 0.177. The highest BCUT2D eigenvalue weighted by Crippen LogP contribution is 2.46. The average molecular weight is 540 g/mol. The third-order valence-electron chi connectivity index (χ3n) is 5.97. The summed E-state index contributed by atoms with van der Waals surface area (Å²) in [6.45, 7) is 3.87. The minimum Gasteiger partial charge on any atom is -0.356 e. The van der Waals surface area contributed by atoms with E-state index in [1.807, 2.05) is 32.0 Å². The van der Waals surface area contributed by atoms with Crippen molar-refractivity contribution in [2.75, 3.05) is 14.2 Å². The highest BCUT2D eigenvalue weighted by Gasteiger charge is 2.40. The predicted molar refractivity (Wildman–Crippen MR) is 131 cm³/mol. The summed E-state index contributed by atoms with van der Waals surface area (Å²) in [4.78, 5) is 4.74. The van der Waals surface area contributed by atoms with Crippen LogP contribution in [0.1, 0.15) is 27.8 Å². The number of thiophene rings is 1. The molecule has 0 N–H and O–H groups in total. The molecule has 0 radical (unpaired) electrons. The van der Waals surface area contributed by atoms with Crippen LogP contribution >= 0.6 is 11.3 Å². The van der Waals surface area contributed by atoms with E-state index in [1.165, 1.54) is 14.2 Å². The molecule has 0 unspecified atom stereocenters. The molecule has 3 nitrogen and oxygen atoms in total. The van der Waals surface area contributed by atoms with Crippen molar-refractivity contribution in [3.8, 4) is 21.7 Å². The highest BCUT2D eigenvalue weighted by molar-refractivity contribution is 7.22. The van der Waals surface area contributed by atoms with Gasteiger partial charge in [0.2, 0.25) is 0 Å². The summed E-state index contributed by atoms with van der Waals surface area (Å²) in [6, 6.07) is 10.1. The number of ether oxygens (including phenoxy) is 2. The predicted octanol–water partition coefficient (Wildman–Crippen LogP) is 8.45. The molecular weight excluding hydrogens is 516 g/mol. The van der Waals surface area contributed by atoms with Gasteiger partial charge in [0.1, 0.15) is 0 Å². The molecule has 0 amide bonds. The summed E-state index contributed by atoms with van der Waals surface area (Å²) in [5, 5.41) is 0.663. The molecule has 0 aliphatic rings. The number of aromatic nitrogens is 1. The summed E-state index contributed by atoms with van der Waals surface area (Å²) >= 11 is 1.10. The fraction of sp³-hybridized carbons (Fsp3) is 0.296. The van der Waals surface area contributed by atoms with Gasteiger partial charge in [0, 0.05) is 37.3 Å². The van der Waals surface area contributed by atoms with Crippen LogP contribution in [0, 0.1) is 13.8 Å². The van der Waals surface area contributed by atoms with Crippen LogP contribution in [-0.4, -0.2) is 25.5 Å². The largest absolute Gasteiger partial charge is 0.416 e. The molecule has 10 heteroatoms. The zero-order valence-electron chi connectivity index (χ0n) is 20.3. The molecule has 0 spiro atoms. The lowest BCUT2D eigenvalue weighted by molar-refractivity contribution is -0.144. The number of pyridine rings is 1. The van der Waals surface area contributed by atoms with E-state index in [4.69, 9.17) is 9.47 Å². The van der Waals surface area contributed by atoms with Crippen LogP contribution in [0.3, 0.4) is 0 Å². The first-order chi connectivity index (χ1) is 17.3. The van der Waals surface area contributed by atoms with Crippen LogP contribution in [0.2, 0.25) is 0 Å². The lowest BCUT2D eigenvalue weighted by atomic mass is 9.93. The van der Waals surface area contributed by atoms with Gasteiger partial charge in [-0.3, -0.25) is 4.98 Å². The number of nitrogens with zero attached hydrogens (tertiary/aromatic N) is 1. The first kappa shape index (κ1) is 27.1. The molecule has 2 heterocycles. The molecule has 4 aromatic rings. The molecule has 0 atom stereocenters. The number of hydrogen-bond acceptors (Lipinski definition) is 4. The Balaban J connectivity index is 2.01.